The number of amides is 1. The third-order valence-electron chi connectivity index (χ3n) is 7.11. The summed E-state index contributed by atoms with van der Waals surface area (Å²) in [7, 11) is 0. The number of carbonyl (C=O) groups is 2. The third kappa shape index (κ3) is 4.07. The molecule has 168 valence electrons. The van der Waals surface area contributed by atoms with Gasteiger partial charge in [0.1, 0.15) is 6.04 Å². The zero-order valence-electron chi connectivity index (χ0n) is 18.2. The van der Waals surface area contributed by atoms with Gasteiger partial charge < -0.3 is 14.9 Å². The molecule has 3 aliphatic heterocycles. The third-order valence-corrected chi connectivity index (χ3v) is 7.11. The molecule has 0 aliphatic carbocycles. The lowest BCUT2D eigenvalue weighted by atomic mass is 9.95. The Hall–Kier alpha value is -3.00. The topological polar surface area (TPSA) is 89.9 Å². The van der Waals surface area contributed by atoms with Crippen molar-refractivity contribution in [3.63, 3.8) is 0 Å². The highest BCUT2D eigenvalue weighted by Gasteiger charge is 2.33. The molecule has 0 saturated carbocycles. The fraction of sp³-hybridized carbons (Fsp3) is 0.500. The largest absolute Gasteiger partial charge is 0.480 e. The van der Waals surface area contributed by atoms with Crippen LogP contribution in [0.5, 0.6) is 0 Å². The standard InChI is InChI=1S/C24H29N5O3/c30-22(19-14-25-24(26-15-19)29-10-3-6-21(29)23(31)32)27-12-8-20(9-13-27)28-11-7-17-4-1-2-5-18(17)16-28/h1-2,4-5,14-15,20-21H,3,6-13,16H2,(H,31,32). The number of rotatable bonds is 4. The maximum atomic E-state index is 13.0. The van der Waals surface area contributed by atoms with E-state index in [4.69, 9.17) is 0 Å². The Morgan fingerprint density at radius 2 is 1.66 bits per heavy atom. The Morgan fingerprint density at radius 1 is 0.938 bits per heavy atom. The van der Waals surface area contributed by atoms with E-state index in [1.54, 1.807) is 4.90 Å². The van der Waals surface area contributed by atoms with E-state index in [9.17, 15) is 14.7 Å². The molecule has 3 aliphatic rings. The van der Waals surface area contributed by atoms with E-state index in [0.29, 0.717) is 30.5 Å². The number of carboxylic acid groups (broad SMARTS) is 1. The minimum absolute atomic E-state index is 0.0461. The van der Waals surface area contributed by atoms with Crippen molar-refractivity contribution >= 4 is 17.8 Å². The van der Waals surface area contributed by atoms with Crippen LogP contribution in [0.25, 0.3) is 0 Å². The summed E-state index contributed by atoms with van der Waals surface area (Å²) in [6.45, 7) is 4.17. The maximum absolute atomic E-state index is 13.0. The second-order valence-electron chi connectivity index (χ2n) is 8.97. The molecule has 8 heteroatoms. The van der Waals surface area contributed by atoms with Crippen LogP contribution in [0.3, 0.4) is 0 Å². The summed E-state index contributed by atoms with van der Waals surface area (Å²) in [5.41, 5.74) is 3.35. The van der Waals surface area contributed by atoms with Crippen molar-refractivity contribution in [2.75, 3.05) is 31.1 Å². The molecule has 2 fully saturated rings. The first-order valence-corrected chi connectivity index (χ1v) is 11.5. The normalized spacial score (nSPS) is 22.1. The molecule has 1 N–H and O–H groups in total. The molecule has 0 radical (unpaired) electrons. The van der Waals surface area contributed by atoms with Crippen LogP contribution < -0.4 is 4.90 Å². The number of carboxylic acids is 1. The highest BCUT2D eigenvalue weighted by atomic mass is 16.4. The van der Waals surface area contributed by atoms with Gasteiger partial charge in [-0.2, -0.15) is 0 Å². The number of anilines is 1. The number of nitrogens with zero attached hydrogens (tertiary/aromatic N) is 5. The summed E-state index contributed by atoms with van der Waals surface area (Å²) >= 11 is 0. The lowest BCUT2D eigenvalue weighted by molar-refractivity contribution is -0.138. The van der Waals surface area contributed by atoms with Crippen LogP contribution >= 0.6 is 0 Å². The summed E-state index contributed by atoms with van der Waals surface area (Å²) in [6, 6.07) is 8.61. The van der Waals surface area contributed by atoms with Gasteiger partial charge in [-0.25, -0.2) is 14.8 Å². The second-order valence-corrected chi connectivity index (χ2v) is 8.97. The number of hydrogen-bond donors (Lipinski definition) is 1. The number of benzene rings is 1. The molecule has 1 amide bonds. The first kappa shape index (κ1) is 20.9. The molecular formula is C24H29N5O3. The van der Waals surface area contributed by atoms with Gasteiger partial charge in [-0.3, -0.25) is 9.69 Å². The number of aromatic nitrogens is 2. The van der Waals surface area contributed by atoms with Gasteiger partial charge >= 0.3 is 5.97 Å². The van der Waals surface area contributed by atoms with E-state index in [-0.39, 0.29) is 5.91 Å². The van der Waals surface area contributed by atoms with E-state index < -0.39 is 12.0 Å². The quantitative estimate of drug-likeness (QED) is 0.787. The van der Waals surface area contributed by atoms with Crippen molar-refractivity contribution in [1.82, 2.24) is 19.8 Å². The fourth-order valence-corrected chi connectivity index (χ4v) is 5.29. The Kier molecular flexibility index (Phi) is 5.78. The molecule has 1 aromatic carbocycles. The molecule has 4 heterocycles. The highest BCUT2D eigenvalue weighted by molar-refractivity contribution is 5.93. The predicted octanol–water partition coefficient (Wildman–Crippen LogP) is 2.19. The van der Waals surface area contributed by atoms with Crippen LogP contribution in [0.2, 0.25) is 0 Å². The summed E-state index contributed by atoms with van der Waals surface area (Å²) in [5.74, 6) is -0.517. The van der Waals surface area contributed by atoms with Gasteiger partial charge in [0.15, 0.2) is 0 Å². The van der Waals surface area contributed by atoms with E-state index in [0.717, 1.165) is 51.9 Å². The van der Waals surface area contributed by atoms with E-state index >= 15 is 0 Å². The Balaban J connectivity index is 1.17. The monoisotopic (exact) mass is 435 g/mol. The van der Waals surface area contributed by atoms with Gasteiger partial charge in [0.2, 0.25) is 5.95 Å². The van der Waals surface area contributed by atoms with Gasteiger partial charge in [0.25, 0.3) is 5.91 Å². The minimum Gasteiger partial charge on any atom is -0.480 e. The minimum atomic E-state index is -0.855. The average molecular weight is 436 g/mol. The van der Waals surface area contributed by atoms with E-state index in [1.165, 1.54) is 23.5 Å². The first-order chi connectivity index (χ1) is 15.6. The van der Waals surface area contributed by atoms with E-state index in [1.807, 2.05) is 4.90 Å². The van der Waals surface area contributed by atoms with Gasteiger partial charge in [-0.1, -0.05) is 24.3 Å². The van der Waals surface area contributed by atoms with Crippen molar-refractivity contribution in [2.24, 2.45) is 0 Å². The van der Waals surface area contributed by atoms with Crippen LogP contribution in [-0.4, -0.2) is 75.0 Å². The lowest BCUT2D eigenvalue weighted by Crippen LogP contribution is -2.48. The van der Waals surface area contributed by atoms with Crippen molar-refractivity contribution < 1.29 is 14.7 Å². The number of aliphatic carboxylic acids is 1. The molecule has 2 aromatic rings. The van der Waals surface area contributed by atoms with Gasteiger partial charge in [-0.05, 0) is 43.2 Å². The Morgan fingerprint density at radius 3 is 2.38 bits per heavy atom. The molecule has 8 nitrogen and oxygen atoms in total. The zero-order chi connectivity index (χ0) is 22.1. The van der Waals surface area contributed by atoms with Crippen LogP contribution in [0.1, 0.15) is 47.2 Å². The number of carbonyl (C=O) groups excluding carboxylic acids is 1. The van der Waals surface area contributed by atoms with E-state index in [2.05, 4.69) is 39.1 Å². The smallest absolute Gasteiger partial charge is 0.326 e. The Labute approximate surface area is 187 Å². The van der Waals surface area contributed by atoms with Crippen molar-refractivity contribution in [3.8, 4) is 0 Å². The summed E-state index contributed by atoms with van der Waals surface area (Å²) in [5, 5.41) is 9.36. The summed E-state index contributed by atoms with van der Waals surface area (Å²) < 4.78 is 0. The van der Waals surface area contributed by atoms with Gasteiger partial charge in [-0.15, -0.1) is 0 Å². The second kappa shape index (κ2) is 8.86. The van der Waals surface area contributed by atoms with Crippen molar-refractivity contribution in [1.29, 1.82) is 0 Å². The zero-order valence-corrected chi connectivity index (χ0v) is 18.2. The molecule has 1 unspecified atom stereocenters. The number of hydrogen-bond acceptors (Lipinski definition) is 6. The molecule has 5 rings (SSSR count). The first-order valence-electron chi connectivity index (χ1n) is 11.5. The summed E-state index contributed by atoms with van der Waals surface area (Å²) in [4.78, 5) is 39.2. The van der Waals surface area contributed by atoms with Crippen molar-refractivity contribution in [3.05, 3.63) is 53.3 Å². The van der Waals surface area contributed by atoms with Crippen LogP contribution in [0, 0.1) is 0 Å². The molecule has 32 heavy (non-hydrogen) atoms. The maximum Gasteiger partial charge on any atom is 0.326 e. The molecular weight excluding hydrogens is 406 g/mol. The average Bonchev–Trinajstić information content (AvgIpc) is 3.34. The predicted molar refractivity (Wildman–Crippen MR) is 120 cm³/mol. The number of piperidine rings is 1. The molecule has 1 atom stereocenters. The van der Waals surface area contributed by atoms with Gasteiger partial charge in [0.05, 0.1) is 5.56 Å². The lowest BCUT2D eigenvalue weighted by Gasteiger charge is -2.40. The van der Waals surface area contributed by atoms with Gasteiger partial charge in [0, 0.05) is 51.2 Å². The Bertz CT molecular complexity index is 987. The fourth-order valence-electron chi connectivity index (χ4n) is 5.29. The SMILES string of the molecule is O=C(O)C1CCCN1c1ncc(C(=O)N2CCC(N3CCc4ccccc4C3)CC2)cn1. The summed E-state index contributed by atoms with van der Waals surface area (Å²) in [6.07, 6.45) is 7.52. The molecule has 1 aromatic heterocycles. The molecule has 2 saturated heterocycles. The number of fused-ring (bicyclic) bond motifs is 1. The van der Waals surface area contributed by atoms with Crippen LogP contribution in [-0.2, 0) is 17.8 Å². The van der Waals surface area contributed by atoms with Crippen LogP contribution in [0.4, 0.5) is 5.95 Å². The van der Waals surface area contributed by atoms with Crippen molar-refractivity contribution in [2.45, 2.75) is 50.7 Å². The molecule has 0 bridgehead atoms. The number of likely N-dealkylation sites (tertiary alicyclic amines) is 1. The van der Waals surface area contributed by atoms with Crippen LogP contribution in [0.15, 0.2) is 36.7 Å². The highest BCUT2D eigenvalue weighted by Crippen LogP contribution is 2.26. The molecule has 0 spiro atoms.